The van der Waals surface area contributed by atoms with E-state index in [1.807, 2.05) is 17.0 Å². The van der Waals surface area contributed by atoms with Crippen LogP contribution in [0.15, 0.2) is 29.6 Å². The molecule has 0 radical (unpaired) electrons. The molecule has 0 spiro atoms. The Kier molecular flexibility index (Phi) is 7.89. The highest BCUT2D eigenvalue weighted by atomic mass is 32.1. The van der Waals surface area contributed by atoms with Crippen LogP contribution in [0.2, 0.25) is 0 Å². The summed E-state index contributed by atoms with van der Waals surface area (Å²) in [6, 6.07) is 8.24. The third-order valence-electron chi connectivity index (χ3n) is 4.27. The molecule has 1 aromatic carbocycles. The first kappa shape index (κ1) is 18.6. The minimum Gasteiger partial charge on any atom is -0.333 e. The van der Waals surface area contributed by atoms with Crippen LogP contribution in [0.1, 0.15) is 67.1 Å². The number of aromatic nitrogens is 2. The summed E-state index contributed by atoms with van der Waals surface area (Å²) in [5, 5.41) is 5.68. The summed E-state index contributed by atoms with van der Waals surface area (Å²) in [6.45, 7) is 5.73. The van der Waals surface area contributed by atoms with Gasteiger partial charge in [0.05, 0.1) is 0 Å². The van der Waals surface area contributed by atoms with Gasteiger partial charge >= 0.3 is 0 Å². The minimum atomic E-state index is -0.0134. The SMILES string of the molecule is CCCCCCCCN(Cc1ccccc1C)C(=O)c1csnn1. The van der Waals surface area contributed by atoms with Crippen LogP contribution in [-0.4, -0.2) is 26.9 Å². The van der Waals surface area contributed by atoms with Crippen molar-refractivity contribution in [3.05, 3.63) is 46.5 Å². The molecular formula is C19H27N3OS. The number of carbonyl (C=O) groups excluding carboxylic acids is 1. The quantitative estimate of drug-likeness (QED) is 0.578. The normalized spacial score (nSPS) is 10.8. The summed E-state index contributed by atoms with van der Waals surface area (Å²) in [5.41, 5.74) is 2.87. The maximum Gasteiger partial charge on any atom is 0.275 e. The number of rotatable bonds is 10. The molecule has 0 unspecified atom stereocenters. The molecule has 0 N–H and O–H groups in total. The van der Waals surface area contributed by atoms with Gasteiger partial charge in [0.1, 0.15) is 0 Å². The van der Waals surface area contributed by atoms with E-state index in [1.165, 1.54) is 54.8 Å². The number of unbranched alkanes of at least 4 members (excludes halogenated alkanes) is 5. The van der Waals surface area contributed by atoms with Gasteiger partial charge < -0.3 is 4.90 Å². The monoisotopic (exact) mass is 345 g/mol. The molecular weight excluding hydrogens is 318 g/mol. The lowest BCUT2D eigenvalue weighted by molar-refractivity contribution is 0.0733. The Labute approximate surface area is 149 Å². The van der Waals surface area contributed by atoms with Gasteiger partial charge in [0.2, 0.25) is 0 Å². The van der Waals surface area contributed by atoms with E-state index in [1.54, 1.807) is 5.38 Å². The van der Waals surface area contributed by atoms with Crippen molar-refractivity contribution in [3.8, 4) is 0 Å². The molecule has 0 atom stereocenters. The molecule has 1 aromatic heterocycles. The molecule has 0 bridgehead atoms. The van der Waals surface area contributed by atoms with E-state index in [4.69, 9.17) is 0 Å². The summed E-state index contributed by atoms with van der Waals surface area (Å²) < 4.78 is 3.82. The number of hydrogen-bond acceptors (Lipinski definition) is 4. The number of aryl methyl sites for hydroxylation is 1. The molecule has 24 heavy (non-hydrogen) atoms. The van der Waals surface area contributed by atoms with Gasteiger partial charge in [-0.15, -0.1) is 5.10 Å². The lowest BCUT2D eigenvalue weighted by Gasteiger charge is -2.23. The topological polar surface area (TPSA) is 46.1 Å². The van der Waals surface area contributed by atoms with Crippen LogP contribution in [0, 0.1) is 6.92 Å². The number of carbonyl (C=O) groups is 1. The average Bonchev–Trinajstić information content (AvgIpc) is 3.12. The van der Waals surface area contributed by atoms with Crippen molar-refractivity contribution in [3.63, 3.8) is 0 Å². The maximum atomic E-state index is 12.7. The molecule has 1 heterocycles. The van der Waals surface area contributed by atoms with E-state index in [0.29, 0.717) is 12.2 Å². The van der Waals surface area contributed by atoms with Gasteiger partial charge in [-0.25, -0.2) is 0 Å². The maximum absolute atomic E-state index is 12.7. The van der Waals surface area contributed by atoms with Crippen molar-refractivity contribution in [1.29, 1.82) is 0 Å². The molecule has 0 aliphatic carbocycles. The fraction of sp³-hybridized carbons (Fsp3) is 0.526. The Balaban J connectivity index is 1.96. The van der Waals surface area contributed by atoms with Crippen LogP contribution in [-0.2, 0) is 6.54 Å². The number of hydrogen-bond donors (Lipinski definition) is 0. The first-order chi connectivity index (χ1) is 11.7. The van der Waals surface area contributed by atoms with Gasteiger partial charge in [-0.1, -0.05) is 67.8 Å². The molecule has 0 saturated carbocycles. The zero-order valence-corrected chi connectivity index (χ0v) is 15.5. The highest BCUT2D eigenvalue weighted by Gasteiger charge is 2.18. The molecule has 2 aromatic rings. The molecule has 0 saturated heterocycles. The predicted octanol–water partition coefficient (Wildman–Crippen LogP) is 4.85. The molecule has 0 aliphatic rings. The van der Waals surface area contributed by atoms with Crippen molar-refractivity contribution in [1.82, 2.24) is 14.5 Å². The van der Waals surface area contributed by atoms with E-state index >= 15 is 0 Å². The molecule has 2 rings (SSSR count). The Bertz CT molecular complexity index is 613. The van der Waals surface area contributed by atoms with Crippen molar-refractivity contribution >= 4 is 17.4 Å². The van der Waals surface area contributed by atoms with E-state index in [-0.39, 0.29) is 5.91 Å². The smallest absolute Gasteiger partial charge is 0.275 e. The molecule has 0 fully saturated rings. The Morgan fingerprint density at radius 3 is 2.58 bits per heavy atom. The number of amides is 1. The molecule has 4 nitrogen and oxygen atoms in total. The second-order valence-corrected chi connectivity index (χ2v) is 6.82. The van der Waals surface area contributed by atoms with Gasteiger partial charge in [-0.2, -0.15) is 0 Å². The minimum absolute atomic E-state index is 0.0134. The van der Waals surface area contributed by atoms with Crippen LogP contribution in [0.5, 0.6) is 0 Å². The molecule has 130 valence electrons. The van der Waals surface area contributed by atoms with Gasteiger partial charge in [-0.05, 0) is 36.0 Å². The van der Waals surface area contributed by atoms with Gasteiger partial charge in [-0.3, -0.25) is 4.79 Å². The van der Waals surface area contributed by atoms with Gasteiger partial charge in [0, 0.05) is 18.5 Å². The van der Waals surface area contributed by atoms with Crippen LogP contribution in [0.3, 0.4) is 0 Å². The average molecular weight is 346 g/mol. The Hall–Kier alpha value is -1.75. The van der Waals surface area contributed by atoms with Crippen LogP contribution in [0.25, 0.3) is 0 Å². The first-order valence-electron chi connectivity index (χ1n) is 8.83. The summed E-state index contributed by atoms with van der Waals surface area (Å²) >= 11 is 1.22. The summed E-state index contributed by atoms with van der Waals surface area (Å²) in [7, 11) is 0. The summed E-state index contributed by atoms with van der Waals surface area (Å²) in [4.78, 5) is 14.6. The lowest BCUT2D eigenvalue weighted by Crippen LogP contribution is -2.32. The van der Waals surface area contributed by atoms with E-state index < -0.39 is 0 Å². The summed E-state index contributed by atoms with van der Waals surface area (Å²) in [5.74, 6) is -0.0134. The Morgan fingerprint density at radius 2 is 1.88 bits per heavy atom. The fourth-order valence-corrected chi connectivity index (χ4v) is 3.18. The predicted molar refractivity (Wildman–Crippen MR) is 99.2 cm³/mol. The standard InChI is InChI=1S/C19H27N3OS/c1-3-4-5-6-7-10-13-22(19(23)18-15-24-21-20-18)14-17-12-9-8-11-16(17)2/h8-9,11-12,15H,3-7,10,13-14H2,1-2H3. The second kappa shape index (κ2) is 10.2. The number of nitrogens with zero attached hydrogens (tertiary/aromatic N) is 3. The van der Waals surface area contributed by atoms with Crippen LogP contribution >= 0.6 is 11.5 Å². The van der Waals surface area contributed by atoms with Crippen molar-refractivity contribution in [2.45, 2.75) is 58.9 Å². The van der Waals surface area contributed by atoms with Crippen molar-refractivity contribution in [2.75, 3.05) is 6.54 Å². The second-order valence-electron chi connectivity index (χ2n) is 6.21. The fourth-order valence-electron chi connectivity index (χ4n) is 2.75. The van der Waals surface area contributed by atoms with Crippen molar-refractivity contribution in [2.24, 2.45) is 0 Å². The van der Waals surface area contributed by atoms with Gasteiger partial charge in [0.15, 0.2) is 5.69 Å². The molecule has 1 amide bonds. The third-order valence-corrected chi connectivity index (χ3v) is 4.78. The van der Waals surface area contributed by atoms with Crippen LogP contribution in [0.4, 0.5) is 0 Å². The molecule has 5 heteroatoms. The largest absolute Gasteiger partial charge is 0.333 e. The molecule has 0 aliphatic heterocycles. The van der Waals surface area contributed by atoms with E-state index in [0.717, 1.165) is 13.0 Å². The summed E-state index contributed by atoms with van der Waals surface area (Å²) in [6.07, 6.45) is 7.31. The third kappa shape index (κ3) is 5.71. The highest BCUT2D eigenvalue weighted by molar-refractivity contribution is 7.03. The van der Waals surface area contributed by atoms with E-state index in [2.05, 4.69) is 35.6 Å². The lowest BCUT2D eigenvalue weighted by atomic mass is 10.1. The highest BCUT2D eigenvalue weighted by Crippen LogP contribution is 2.15. The zero-order valence-electron chi connectivity index (χ0n) is 14.7. The zero-order chi connectivity index (χ0) is 17.2. The van der Waals surface area contributed by atoms with Crippen molar-refractivity contribution < 1.29 is 4.79 Å². The first-order valence-corrected chi connectivity index (χ1v) is 9.67. The Morgan fingerprint density at radius 1 is 1.12 bits per heavy atom. The van der Waals surface area contributed by atoms with Crippen LogP contribution < -0.4 is 0 Å². The van der Waals surface area contributed by atoms with E-state index in [9.17, 15) is 4.79 Å². The number of benzene rings is 1. The van der Waals surface area contributed by atoms with Gasteiger partial charge in [0.25, 0.3) is 5.91 Å².